The number of sulfone groups is 1. The maximum atomic E-state index is 15.2. The van der Waals surface area contributed by atoms with Crippen LogP contribution in [0.2, 0.25) is 0 Å². The molecule has 210 valence electrons. The lowest BCUT2D eigenvalue weighted by Crippen LogP contribution is -2.47. The summed E-state index contributed by atoms with van der Waals surface area (Å²) in [5, 5.41) is 5.49. The molecule has 15 heteroatoms. The molecule has 0 heterocycles. The van der Waals surface area contributed by atoms with Gasteiger partial charge in [-0.1, -0.05) is 0 Å². The standard InChI is InChI=1S/C23H25F5N2O5S3/c1-37(31,32)35-20-8-10-22(13-14(20)9-11-36-21(29)30,18-12-16(24)4-7-19(18)25)38(33,34)17-5-2-15(3-6-17)23(26,27)28/h2-7,12,14,20H,8-11,13H2,1H3,(H3,29,30)/p+1/t14-,20-,22-/m1/s1. The number of benzene rings is 2. The largest absolute Gasteiger partial charge is 0.416 e. The van der Waals surface area contributed by atoms with Gasteiger partial charge < -0.3 is 0 Å². The summed E-state index contributed by atoms with van der Waals surface area (Å²) in [4.78, 5) is -0.524. The molecule has 2 aromatic rings. The van der Waals surface area contributed by atoms with Crippen molar-refractivity contribution in [1.82, 2.24) is 0 Å². The number of hydrogen-bond donors (Lipinski definition) is 2. The minimum absolute atomic E-state index is 0.0150. The topological polar surface area (TPSA) is 129 Å². The average Bonchev–Trinajstić information content (AvgIpc) is 2.80. The molecule has 38 heavy (non-hydrogen) atoms. The Bertz CT molecular complexity index is 1400. The molecule has 0 radical (unpaired) electrons. The highest BCUT2D eigenvalue weighted by atomic mass is 32.2. The molecule has 0 spiro atoms. The Morgan fingerprint density at radius 3 is 2.32 bits per heavy atom. The van der Waals surface area contributed by atoms with Gasteiger partial charge in [-0.3, -0.25) is 15.3 Å². The number of amidine groups is 1. The first kappa shape index (κ1) is 30.3. The fraction of sp³-hybridized carbons (Fsp3) is 0.435. The van der Waals surface area contributed by atoms with Gasteiger partial charge in [0, 0.05) is 11.3 Å². The van der Waals surface area contributed by atoms with Gasteiger partial charge in [0.2, 0.25) is 0 Å². The van der Waals surface area contributed by atoms with E-state index in [9.17, 15) is 34.4 Å². The molecule has 1 fully saturated rings. The Morgan fingerprint density at radius 1 is 1.13 bits per heavy atom. The molecule has 7 nitrogen and oxygen atoms in total. The van der Waals surface area contributed by atoms with E-state index in [4.69, 9.17) is 15.3 Å². The van der Waals surface area contributed by atoms with Crippen LogP contribution in [0.1, 0.15) is 36.8 Å². The molecular formula is C23H26F5N2O5S3+. The number of rotatable bonds is 8. The van der Waals surface area contributed by atoms with Gasteiger partial charge in [-0.2, -0.15) is 21.6 Å². The molecule has 4 N–H and O–H groups in total. The normalized spacial score (nSPS) is 22.8. The smallest absolute Gasteiger partial charge is 0.282 e. The van der Waals surface area contributed by atoms with E-state index in [-0.39, 0.29) is 30.2 Å². The zero-order chi connectivity index (χ0) is 28.5. The van der Waals surface area contributed by atoms with E-state index in [0.29, 0.717) is 12.1 Å². The highest BCUT2D eigenvalue weighted by molar-refractivity contribution is 8.13. The molecule has 3 rings (SSSR count). The van der Waals surface area contributed by atoms with E-state index < -0.39 is 77.0 Å². The zero-order valence-electron chi connectivity index (χ0n) is 20.0. The second-order valence-corrected chi connectivity index (χ2v) is 14.1. The lowest BCUT2D eigenvalue weighted by Gasteiger charge is -2.44. The molecule has 0 amide bonds. The second-order valence-electron chi connectivity index (χ2n) is 9.03. The van der Waals surface area contributed by atoms with Crippen LogP contribution in [0.5, 0.6) is 0 Å². The molecule has 0 aliphatic heterocycles. The Morgan fingerprint density at radius 2 is 1.76 bits per heavy atom. The van der Waals surface area contributed by atoms with E-state index in [1.165, 1.54) is 0 Å². The van der Waals surface area contributed by atoms with Crippen LogP contribution in [0, 0.1) is 17.6 Å². The fourth-order valence-corrected chi connectivity index (χ4v) is 8.33. The van der Waals surface area contributed by atoms with Crippen LogP contribution in [0.15, 0.2) is 47.4 Å². The Kier molecular flexibility index (Phi) is 8.85. The summed E-state index contributed by atoms with van der Waals surface area (Å²) in [6.07, 6.45) is -5.70. The predicted octanol–water partition coefficient (Wildman–Crippen LogP) is 2.99. The van der Waals surface area contributed by atoms with Crippen LogP contribution in [0.3, 0.4) is 0 Å². The Hall–Kier alpha value is -2.23. The van der Waals surface area contributed by atoms with Gasteiger partial charge in [-0.05, 0) is 85.8 Å². The predicted molar refractivity (Wildman–Crippen MR) is 132 cm³/mol. The highest BCUT2D eigenvalue weighted by Gasteiger charge is 2.53. The summed E-state index contributed by atoms with van der Waals surface area (Å²) in [6.45, 7) is 0. The van der Waals surface area contributed by atoms with Crippen molar-refractivity contribution in [3.8, 4) is 0 Å². The van der Waals surface area contributed by atoms with Crippen LogP contribution in [-0.4, -0.2) is 40.1 Å². The monoisotopic (exact) mass is 601 g/mol. The van der Waals surface area contributed by atoms with E-state index in [1.807, 2.05) is 0 Å². The van der Waals surface area contributed by atoms with Crippen molar-refractivity contribution in [2.75, 3.05) is 12.0 Å². The van der Waals surface area contributed by atoms with Crippen molar-refractivity contribution in [3.05, 3.63) is 65.2 Å². The van der Waals surface area contributed by atoms with Crippen LogP contribution in [0.4, 0.5) is 22.0 Å². The van der Waals surface area contributed by atoms with Gasteiger partial charge >= 0.3 is 6.18 Å². The van der Waals surface area contributed by atoms with Gasteiger partial charge in [0.1, 0.15) is 16.4 Å². The third-order valence-electron chi connectivity index (χ3n) is 6.43. The van der Waals surface area contributed by atoms with E-state index in [2.05, 4.69) is 0 Å². The SMILES string of the molecule is CS(=O)(=O)O[C@@H]1CC[C@@](c2cc(F)ccc2F)(S(=O)(=O)c2ccc(C(F)(F)F)cc2)C[C@H]1CCSC(N)=[NH2+]. The Balaban J connectivity index is 2.17. The van der Waals surface area contributed by atoms with E-state index in [1.54, 1.807) is 0 Å². The minimum atomic E-state index is -4.72. The number of alkyl halides is 3. The van der Waals surface area contributed by atoms with Gasteiger partial charge in [0.05, 0.1) is 22.8 Å². The first-order valence-electron chi connectivity index (χ1n) is 11.2. The highest BCUT2D eigenvalue weighted by Crippen LogP contribution is 2.51. The fourth-order valence-electron chi connectivity index (χ4n) is 4.76. The van der Waals surface area contributed by atoms with Crippen molar-refractivity contribution in [3.63, 3.8) is 0 Å². The number of hydrogen-bond acceptors (Lipinski definition) is 6. The average molecular weight is 602 g/mol. The zero-order valence-corrected chi connectivity index (χ0v) is 22.5. The van der Waals surface area contributed by atoms with Gasteiger partial charge in [0.25, 0.3) is 15.3 Å². The van der Waals surface area contributed by atoms with Crippen molar-refractivity contribution in [2.24, 2.45) is 11.7 Å². The third-order valence-corrected chi connectivity index (χ3v) is 10.3. The summed E-state index contributed by atoms with van der Waals surface area (Å²) in [5.74, 6) is -2.52. The van der Waals surface area contributed by atoms with Crippen LogP contribution >= 0.6 is 11.8 Å². The summed E-state index contributed by atoms with van der Waals surface area (Å²) in [6, 6.07) is 5.04. The summed E-state index contributed by atoms with van der Waals surface area (Å²) >= 11 is 1.03. The van der Waals surface area contributed by atoms with Gasteiger partial charge in [0.15, 0.2) is 9.84 Å². The lowest BCUT2D eigenvalue weighted by atomic mass is 9.74. The van der Waals surface area contributed by atoms with E-state index in [0.717, 1.165) is 48.3 Å². The summed E-state index contributed by atoms with van der Waals surface area (Å²) in [7, 11) is -8.63. The molecule has 1 aliphatic rings. The molecule has 0 bridgehead atoms. The van der Waals surface area contributed by atoms with Crippen LogP contribution in [-0.2, 0) is 35.1 Å². The van der Waals surface area contributed by atoms with Crippen LogP contribution < -0.4 is 11.1 Å². The van der Waals surface area contributed by atoms with Gasteiger partial charge in [-0.25, -0.2) is 17.2 Å². The summed E-state index contributed by atoms with van der Waals surface area (Å²) in [5.41, 5.74) is 3.89. The second kappa shape index (κ2) is 11.1. The van der Waals surface area contributed by atoms with Crippen molar-refractivity contribution in [2.45, 2.75) is 47.6 Å². The van der Waals surface area contributed by atoms with Crippen molar-refractivity contribution < 1.29 is 48.4 Å². The first-order valence-corrected chi connectivity index (χ1v) is 15.5. The minimum Gasteiger partial charge on any atom is -0.282 e. The number of thioether (sulfide) groups is 1. The molecule has 1 saturated carbocycles. The van der Waals surface area contributed by atoms with Crippen molar-refractivity contribution in [1.29, 1.82) is 0 Å². The van der Waals surface area contributed by atoms with Crippen LogP contribution in [0.25, 0.3) is 0 Å². The first-order chi connectivity index (χ1) is 17.5. The molecule has 0 aromatic heterocycles. The molecule has 2 aromatic carbocycles. The lowest BCUT2D eigenvalue weighted by molar-refractivity contribution is -0.137. The third kappa shape index (κ3) is 6.66. The Labute approximate surface area is 221 Å². The number of nitrogens with two attached hydrogens (primary N) is 2. The molecule has 3 atom stereocenters. The van der Waals surface area contributed by atoms with Crippen molar-refractivity contribution >= 4 is 36.9 Å². The summed E-state index contributed by atoms with van der Waals surface area (Å²) < 4.78 is 124. The van der Waals surface area contributed by atoms with Gasteiger partial charge in [-0.15, -0.1) is 0 Å². The molecule has 1 aliphatic carbocycles. The van der Waals surface area contributed by atoms with E-state index >= 15 is 4.39 Å². The molecule has 0 unspecified atom stereocenters. The molecule has 0 saturated heterocycles. The maximum absolute atomic E-state index is 15.2. The quantitative estimate of drug-likeness (QED) is 0.206. The number of halogens is 5. The molecular weight excluding hydrogens is 575 g/mol. The maximum Gasteiger partial charge on any atom is 0.416 e.